The van der Waals surface area contributed by atoms with Crippen LogP contribution >= 0.6 is 0 Å². The van der Waals surface area contributed by atoms with Gasteiger partial charge in [-0.1, -0.05) is 60.7 Å². The van der Waals surface area contributed by atoms with Crippen LogP contribution in [0.2, 0.25) is 0 Å². The molecule has 2 aromatic carbocycles. The minimum absolute atomic E-state index is 0.0216. The Bertz CT molecular complexity index is 816. The third-order valence-electron chi connectivity index (χ3n) is 5.86. The summed E-state index contributed by atoms with van der Waals surface area (Å²) in [5.74, 6) is 0.0216. The third kappa shape index (κ3) is 6.56. The number of urea groups is 1. The highest BCUT2D eigenvalue weighted by molar-refractivity contribution is 5.78. The van der Waals surface area contributed by atoms with Crippen molar-refractivity contribution in [1.82, 2.24) is 20.0 Å². The Labute approximate surface area is 185 Å². The fourth-order valence-corrected chi connectivity index (χ4v) is 4.02. The Kier molecular flexibility index (Phi) is 8.47. The van der Waals surface area contributed by atoms with Crippen molar-refractivity contribution in [3.05, 3.63) is 71.8 Å². The van der Waals surface area contributed by atoms with Gasteiger partial charge in [0.15, 0.2) is 0 Å². The maximum Gasteiger partial charge on any atom is 0.320 e. The van der Waals surface area contributed by atoms with Crippen molar-refractivity contribution in [1.29, 1.82) is 0 Å². The van der Waals surface area contributed by atoms with E-state index >= 15 is 0 Å². The van der Waals surface area contributed by atoms with Crippen LogP contribution in [0.1, 0.15) is 31.0 Å². The maximum atomic E-state index is 12.9. The first-order valence-corrected chi connectivity index (χ1v) is 11.2. The van der Waals surface area contributed by atoms with Gasteiger partial charge in [0.1, 0.15) is 0 Å². The maximum absolute atomic E-state index is 12.9. The molecule has 1 atom stereocenters. The Morgan fingerprint density at radius 3 is 2.06 bits per heavy atom. The van der Waals surface area contributed by atoms with Crippen molar-refractivity contribution in [2.45, 2.75) is 26.3 Å². The fraction of sp³-hybridized carbons (Fsp3) is 0.440. The normalized spacial score (nSPS) is 15.4. The number of hydrogen-bond acceptors (Lipinski definition) is 3. The van der Waals surface area contributed by atoms with Crippen molar-refractivity contribution < 1.29 is 9.59 Å². The van der Waals surface area contributed by atoms with Crippen molar-refractivity contribution >= 4 is 11.9 Å². The van der Waals surface area contributed by atoms with Crippen molar-refractivity contribution in [3.8, 4) is 0 Å². The van der Waals surface area contributed by atoms with Gasteiger partial charge in [-0.2, -0.15) is 0 Å². The predicted octanol–water partition coefficient (Wildman–Crippen LogP) is 3.17. The van der Waals surface area contributed by atoms with Gasteiger partial charge in [-0.15, -0.1) is 0 Å². The highest BCUT2D eigenvalue weighted by Gasteiger charge is 2.25. The first kappa shape index (κ1) is 22.8. The summed E-state index contributed by atoms with van der Waals surface area (Å²) in [5, 5.41) is 3.23. The molecule has 1 fully saturated rings. The number of benzene rings is 2. The summed E-state index contributed by atoms with van der Waals surface area (Å²) in [5.41, 5.74) is 2.30. The third-order valence-corrected chi connectivity index (χ3v) is 5.86. The highest BCUT2D eigenvalue weighted by Crippen LogP contribution is 2.18. The number of piperazine rings is 1. The Balaban J connectivity index is 1.55. The SMILES string of the molecule is CCN(CC)C(=O)N1CCN(CC(=O)NC(Cc2ccccc2)c2ccccc2)CC1. The molecule has 31 heavy (non-hydrogen) atoms. The monoisotopic (exact) mass is 422 g/mol. The topological polar surface area (TPSA) is 55.9 Å². The van der Waals surface area contributed by atoms with Gasteiger partial charge >= 0.3 is 6.03 Å². The molecule has 166 valence electrons. The number of hydrogen-bond donors (Lipinski definition) is 1. The molecule has 1 unspecified atom stereocenters. The molecule has 3 rings (SSSR count). The van der Waals surface area contributed by atoms with Gasteiger partial charge in [0, 0.05) is 39.3 Å². The summed E-state index contributed by atoms with van der Waals surface area (Å²) in [4.78, 5) is 31.2. The zero-order valence-corrected chi connectivity index (χ0v) is 18.7. The number of carbonyl (C=O) groups excluding carboxylic acids is 2. The summed E-state index contributed by atoms with van der Waals surface area (Å²) in [6, 6.07) is 20.4. The van der Waals surface area contributed by atoms with Crippen molar-refractivity contribution in [2.24, 2.45) is 0 Å². The minimum atomic E-state index is -0.0679. The van der Waals surface area contributed by atoms with Gasteiger partial charge in [0.05, 0.1) is 12.6 Å². The second-order valence-corrected chi connectivity index (χ2v) is 7.94. The zero-order chi connectivity index (χ0) is 22.1. The van der Waals surface area contributed by atoms with E-state index in [2.05, 4.69) is 34.5 Å². The van der Waals surface area contributed by atoms with Gasteiger partial charge in [-0.3, -0.25) is 9.69 Å². The van der Waals surface area contributed by atoms with Crippen LogP contribution in [0, 0.1) is 0 Å². The lowest BCUT2D eigenvalue weighted by atomic mass is 9.99. The lowest BCUT2D eigenvalue weighted by Crippen LogP contribution is -2.54. The number of rotatable bonds is 8. The van der Waals surface area contributed by atoms with E-state index in [9.17, 15) is 9.59 Å². The van der Waals surface area contributed by atoms with Gasteiger partial charge in [0.2, 0.25) is 5.91 Å². The average molecular weight is 423 g/mol. The van der Waals surface area contributed by atoms with Gasteiger partial charge in [0.25, 0.3) is 0 Å². The second kappa shape index (κ2) is 11.5. The summed E-state index contributed by atoms with van der Waals surface area (Å²) in [7, 11) is 0. The predicted molar refractivity (Wildman–Crippen MR) is 124 cm³/mol. The first-order valence-electron chi connectivity index (χ1n) is 11.2. The molecule has 1 heterocycles. The van der Waals surface area contributed by atoms with Gasteiger partial charge < -0.3 is 15.1 Å². The zero-order valence-electron chi connectivity index (χ0n) is 18.7. The molecule has 0 aliphatic carbocycles. The molecular formula is C25H34N4O2. The number of nitrogens with one attached hydrogen (secondary N) is 1. The van der Waals surface area contributed by atoms with Crippen LogP contribution in [0.4, 0.5) is 4.79 Å². The molecule has 0 bridgehead atoms. The molecule has 1 saturated heterocycles. The van der Waals surface area contributed by atoms with E-state index in [1.165, 1.54) is 5.56 Å². The molecule has 0 aromatic heterocycles. The minimum Gasteiger partial charge on any atom is -0.348 e. The van der Waals surface area contributed by atoms with Crippen LogP contribution in [-0.2, 0) is 11.2 Å². The van der Waals surface area contributed by atoms with Crippen LogP contribution in [0.5, 0.6) is 0 Å². The fourth-order valence-electron chi connectivity index (χ4n) is 4.02. The molecular weight excluding hydrogens is 388 g/mol. The molecule has 6 heteroatoms. The summed E-state index contributed by atoms with van der Waals surface area (Å²) in [6.07, 6.45) is 0.753. The number of nitrogens with zero attached hydrogens (tertiary/aromatic N) is 3. The van der Waals surface area contributed by atoms with Crippen molar-refractivity contribution in [3.63, 3.8) is 0 Å². The second-order valence-electron chi connectivity index (χ2n) is 7.94. The van der Waals surface area contributed by atoms with Crippen LogP contribution in [0.25, 0.3) is 0 Å². The van der Waals surface area contributed by atoms with Crippen molar-refractivity contribution in [2.75, 3.05) is 45.8 Å². The van der Waals surface area contributed by atoms with E-state index in [1.54, 1.807) is 0 Å². The summed E-state index contributed by atoms with van der Waals surface area (Å²) < 4.78 is 0. The highest BCUT2D eigenvalue weighted by atomic mass is 16.2. The van der Waals surface area contributed by atoms with Gasteiger partial charge in [-0.05, 0) is 31.4 Å². The van der Waals surface area contributed by atoms with E-state index < -0.39 is 0 Å². The molecule has 0 spiro atoms. The van der Waals surface area contributed by atoms with E-state index in [1.807, 2.05) is 60.0 Å². The Morgan fingerprint density at radius 1 is 0.903 bits per heavy atom. The molecule has 1 N–H and O–H groups in total. The summed E-state index contributed by atoms with van der Waals surface area (Å²) in [6.45, 7) is 8.56. The Morgan fingerprint density at radius 2 is 1.48 bits per heavy atom. The smallest absolute Gasteiger partial charge is 0.320 e. The molecule has 3 amide bonds. The number of amides is 3. The van der Waals surface area contributed by atoms with Crippen LogP contribution in [-0.4, -0.2) is 72.5 Å². The van der Waals surface area contributed by atoms with E-state index in [-0.39, 0.29) is 18.0 Å². The molecule has 6 nitrogen and oxygen atoms in total. The first-order chi connectivity index (χ1) is 15.1. The summed E-state index contributed by atoms with van der Waals surface area (Å²) >= 11 is 0. The molecule has 1 aliphatic rings. The molecule has 1 aliphatic heterocycles. The van der Waals surface area contributed by atoms with Crippen LogP contribution in [0.3, 0.4) is 0 Å². The quantitative estimate of drug-likeness (QED) is 0.711. The molecule has 0 radical (unpaired) electrons. The van der Waals surface area contributed by atoms with Gasteiger partial charge in [-0.25, -0.2) is 4.79 Å². The van der Waals surface area contributed by atoms with Crippen LogP contribution < -0.4 is 5.32 Å². The molecule has 0 saturated carbocycles. The van der Waals surface area contributed by atoms with E-state index in [0.29, 0.717) is 19.6 Å². The standard InChI is InChI=1S/C25H34N4O2/c1-3-28(4-2)25(31)29-17-15-27(16-18-29)20-24(30)26-23(22-13-9-6-10-14-22)19-21-11-7-5-8-12-21/h5-14,23H,3-4,15-20H2,1-2H3,(H,26,30). The molecule has 2 aromatic rings. The Hall–Kier alpha value is -2.86. The van der Waals surface area contributed by atoms with Crippen LogP contribution in [0.15, 0.2) is 60.7 Å². The largest absolute Gasteiger partial charge is 0.348 e. The number of carbonyl (C=O) groups is 2. The lowest BCUT2D eigenvalue weighted by molar-refractivity contribution is -0.123. The average Bonchev–Trinajstić information content (AvgIpc) is 2.81. The lowest BCUT2D eigenvalue weighted by Gasteiger charge is -2.37. The van der Waals surface area contributed by atoms with E-state index in [0.717, 1.165) is 38.2 Å². The van der Waals surface area contributed by atoms with E-state index in [4.69, 9.17) is 0 Å².